The van der Waals surface area contributed by atoms with Gasteiger partial charge in [0.1, 0.15) is 11.6 Å². The Kier molecular flexibility index (Phi) is 5.81. The Balaban J connectivity index is 2.18. The second-order valence-electron chi connectivity index (χ2n) is 6.01. The lowest BCUT2D eigenvalue weighted by Crippen LogP contribution is -2.01. The molecule has 144 valence electrons. The van der Waals surface area contributed by atoms with Crippen LogP contribution in [-0.4, -0.2) is 26.3 Å². The first-order chi connectivity index (χ1) is 13.6. The molecule has 0 saturated carbocycles. The Bertz CT molecular complexity index is 1060. The van der Waals surface area contributed by atoms with Gasteiger partial charge in [0.25, 0.3) is 0 Å². The average Bonchev–Trinajstić information content (AvgIpc) is 2.73. The Morgan fingerprint density at radius 1 is 1.00 bits per heavy atom. The van der Waals surface area contributed by atoms with Crippen molar-refractivity contribution < 1.29 is 18.6 Å². The minimum absolute atomic E-state index is 0.142. The minimum Gasteiger partial charge on any atom is -0.497 e. The lowest BCUT2D eigenvalue weighted by Gasteiger charge is -2.14. The van der Waals surface area contributed by atoms with Crippen LogP contribution in [0, 0.1) is 5.82 Å². The van der Waals surface area contributed by atoms with Crippen molar-refractivity contribution in [1.29, 1.82) is 0 Å². The van der Waals surface area contributed by atoms with Crippen LogP contribution < -0.4 is 14.2 Å². The molecule has 3 rings (SSSR count). The van der Waals surface area contributed by atoms with Gasteiger partial charge in [-0.1, -0.05) is 5.11 Å². The summed E-state index contributed by atoms with van der Waals surface area (Å²) in [5, 5.41) is 5.21. The van der Waals surface area contributed by atoms with E-state index < -0.39 is 0 Å². The third-order valence-electron chi connectivity index (χ3n) is 4.47. The van der Waals surface area contributed by atoms with E-state index in [9.17, 15) is 4.39 Å². The maximum absolute atomic E-state index is 14.3. The second kappa shape index (κ2) is 8.45. The number of nitrogens with zero attached hydrogens (tertiary/aromatic N) is 4. The molecular weight excluding hydrogens is 363 g/mol. The van der Waals surface area contributed by atoms with Crippen molar-refractivity contribution in [2.24, 2.45) is 5.11 Å². The van der Waals surface area contributed by atoms with Crippen LogP contribution in [0.25, 0.3) is 21.2 Å². The molecule has 1 heterocycles. The molecule has 0 bridgehead atoms. The van der Waals surface area contributed by atoms with E-state index in [4.69, 9.17) is 19.7 Å². The highest BCUT2D eigenvalue weighted by molar-refractivity contribution is 5.90. The van der Waals surface area contributed by atoms with Gasteiger partial charge in [-0.15, -0.1) is 0 Å². The molecule has 0 N–H and O–H groups in total. The summed E-state index contributed by atoms with van der Waals surface area (Å²) in [6.07, 6.45) is 1.90. The summed E-state index contributed by atoms with van der Waals surface area (Å²) in [5.41, 5.74) is 10.5. The van der Waals surface area contributed by atoms with E-state index in [2.05, 4.69) is 15.0 Å². The fourth-order valence-corrected chi connectivity index (χ4v) is 3.05. The minimum atomic E-state index is -0.339. The molecule has 0 aliphatic heterocycles. The predicted molar refractivity (Wildman–Crippen MR) is 103 cm³/mol. The molecule has 0 unspecified atom stereocenters. The van der Waals surface area contributed by atoms with Crippen LogP contribution in [0.2, 0.25) is 0 Å². The van der Waals surface area contributed by atoms with Crippen molar-refractivity contribution in [2.75, 3.05) is 21.3 Å². The topological polar surface area (TPSA) is 89.3 Å². The van der Waals surface area contributed by atoms with Gasteiger partial charge in [-0.25, -0.2) is 4.39 Å². The SMILES string of the molecule is COc1ccc(F)c(Cc2ncc(CN=[N+]=[N-])c3cc(OC)c(OC)cc23)c1. The highest BCUT2D eigenvalue weighted by Crippen LogP contribution is 2.35. The van der Waals surface area contributed by atoms with Crippen LogP contribution in [-0.2, 0) is 13.0 Å². The van der Waals surface area contributed by atoms with E-state index in [-0.39, 0.29) is 18.8 Å². The summed E-state index contributed by atoms with van der Waals surface area (Å²) in [5.74, 6) is 1.31. The smallest absolute Gasteiger partial charge is 0.161 e. The summed E-state index contributed by atoms with van der Waals surface area (Å²) in [6, 6.07) is 8.20. The summed E-state index contributed by atoms with van der Waals surface area (Å²) in [6.45, 7) is 0.142. The van der Waals surface area contributed by atoms with E-state index >= 15 is 0 Å². The van der Waals surface area contributed by atoms with Crippen LogP contribution in [0.3, 0.4) is 0 Å². The molecule has 3 aromatic rings. The van der Waals surface area contributed by atoms with Crippen molar-refractivity contribution in [3.8, 4) is 17.2 Å². The van der Waals surface area contributed by atoms with Gasteiger partial charge in [0, 0.05) is 22.9 Å². The van der Waals surface area contributed by atoms with E-state index in [0.29, 0.717) is 28.5 Å². The zero-order valence-electron chi connectivity index (χ0n) is 15.8. The first kappa shape index (κ1) is 19.3. The lowest BCUT2D eigenvalue weighted by atomic mass is 9.99. The first-order valence-corrected chi connectivity index (χ1v) is 8.47. The van der Waals surface area contributed by atoms with Gasteiger partial charge in [-0.05, 0) is 52.4 Å². The number of benzene rings is 2. The van der Waals surface area contributed by atoms with Crippen LogP contribution in [0.15, 0.2) is 41.6 Å². The summed E-state index contributed by atoms with van der Waals surface area (Å²) >= 11 is 0. The number of methoxy groups -OCH3 is 3. The fraction of sp³-hybridized carbons (Fsp3) is 0.250. The fourth-order valence-electron chi connectivity index (χ4n) is 3.05. The number of hydrogen-bond donors (Lipinski definition) is 0. The van der Waals surface area contributed by atoms with Crippen molar-refractivity contribution in [1.82, 2.24) is 4.98 Å². The molecule has 8 heteroatoms. The molecule has 0 spiro atoms. The summed E-state index contributed by atoms with van der Waals surface area (Å²) in [4.78, 5) is 7.31. The van der Waals surface area contributed by atoms with Gasteiger partial charge in [0.2, 0.25) is 0 Å². The normalized spacial score (nSPS) is 10.4. The Labute approximate surface area is 161 Å². The van der Waals surface area contributed by atoms with Gasteiger partial charge >= 0.3 is 0 Å². The standard InChI is InChI=1S/C20H19FN4O3/c1-26-14-4-5-17(21)12(6-14)7-18-16-9-20(28-3)19(27-2)8-15(16)13(10-23-18)11-24-25-22/h4-6,8-10H,7,11H2,1-3H3. The van der Waals surface area contributed by atoms with Crippen molar-refractivity contribution in [3.63, 3.8) is 0 Å². The number of ether oxygens (including phenoxy) is 3. The number of fused-ring (bicyclic) bond motifs is 1. The van der Waals surface area contributed by atoms with E-state index in [1.54, 1.807) is 38.6 Å². The second-order valence-corrected chi connectivity index (χ2v) is 6.01. The van der Waals surface area contributed by atoms with E-state index in [1.165, 1.54) is 13.2 Å². The highest BCUT2D eigenvalue weighted by atomic mass is 19.1. The number of aromatic nitrogens is 1. The molecule has 7 nitrogen and oxygen atoms in total. The van der Waals surface area contributed by atoms with Crippen molar-refractivity contribution in [3.05, 3.63) is 69.6 Å². The largest absolute Gasteiger partial charge is 0.497 e. The number of hydrogen-bond acceptors (Lipinski definition) is 5. The van der Waals surface area contributed by atoms with Crippen molar-refractivity contribution >= 4 is 10.8 Å². The van der Waals surface area contributed by atoms with Crippen molar-refractivity contribution in [2.45, 2.75) is 13.0 Å². The predicted octanol–water partition coefficient (Wildman–Crippen LogP) is 4.80. The molecule has 0 fully saturated rings. The lowest BCUT2D eigenvalue weighted by molar-refractivity contribution is 0.356. The van der Waals surface area contributed by atoms with Crippen LogP contribution in [0.1, 0.15) is 16.8 Å². The van der Waals surface area contributed by atoms with Gasteiger partial charge in [0.05, 0.1) is 33.6 Å². The van der Waals surface area contributed by atoms with Gasteiger partial charge in [0.15, 0.2) is 11.5 Å². The number of azide groups is 1. The number of rotatable bonds is 7. The number of pyridine rings is 1. The zero-order valence-corrected chi connectivity index (χ0v) is 15.8. The Morgan fingerprint density at radius 2 is 1.71 bits per heavy atom. The van der Waals surface area contributed by atoms with E-state index in [1.807, 2.05) is 6.07 Å². The Hall–Kier alpha value is -3.51. The van der Waals surface area contributed by atoms with Gasteiger partial charge in [-0.2, -0.15) is 0 Å². The van der Waals surface area contributed by atoms with Crippen LogP contribution >= 0.6 is 0 Å². The molecule has 28 heavy (non-hydrogen) atoms. The summed E-state index contributed by atoms with van der Waals surface area (Å²) < 4.78 is 30.3. The van der Waals surface area contributed by atoms with E-state index in [0.717, 1.165) is 16.3 Å². The average molecular weight is 382 g/mol. The molecule has 0 saturated heterocycles. The van der Waals surface area contributed by atoms with Crippen LogP contribution in [0.5, 0.6) is 17.2 Å². The zero-order chi connectivity index (χ0) is 20.1. The highest BCUT2D eigenvalue weighted by Gasteiger charge is 2.15. The Morgan fingerprint density at radius 3 is 2.36 bits per heavy atom. The molecule has 0 radical (unpaired) electrons. The third-order valence-corrected chi connectivity index (χ3v) is 4.47. The molecule has 0 aliphatic rings. The quantitative estimate of drug-likeness (QED) is 0.333. The molecule has 0 atom stereocenters. The summed E-state index contributed by atoms with van der Waals surface area (Å²) in [7, 11) is 4.62. The van der Waals surface area contributed by atoms with Crippen LogP contribution in [0.4, 0.5) is 4.39 Å². The molecule has 2 aromatic carbocycles. The molecule has 1 aromatic heterocycles. The first-order valence-electron chi connectivity index (χ1n) is 8.47. The molecule has 0 aliphatic carbocycles. The maximum atomic E-state index is 14.3. The third kappa shape index (κ3) is 3.77. The number of halogens is 1. The monoisotopic (exact) mass is 382 g/mol. The molecule has 0 amide bonds. The maximum Gasteiger partial charge on any atom is 0.161 e. The van der Waals surface area contributed by atoms with Gasteiger partial charge < -0.3 is 14.2 Å². The molecular formula is C20H19FN4O3. The van der Waals surface area contributed by atoms with Gasteiger partial charge in [-0.3, -0.25) is 4.98 Å².